The molecule has 3 unspecified atom stereocenters. The first-order valence-corrected chi connectivity index (χ1v) is 12.1. The van der Waals surface area contributed by atoms with Crippen molar-refractivity contribution >= 4 is 19.6 Å². The van der Waals surface area contributed by atoms with Crippen molar-refractivity contribution in [2.75, 3.05) is 26.3 Å². The van der Waals surface area contributed by atoms with Crippen LogP contribution in [-0.4, -0.2) is 42.9 Å². The van der Waals surface area contributed by atoms with E-state index < -0.39 is 19.6 Å². The monoisotopic (exact) mass is 438 g/mol. The second-order valence-corrected chi connectivity index (χ2v) is 9.78. The Bertz CT molecular complexity index is 841. The third-order valence-corrected chi connectivity index (χ3v) is 7.82. The molecule has 1 fully saturated rings. The molecular formula is C21H31N2O6P. The van der Waals surface area contributed by atoms with E-state index in [-0.39, 0.29) is 38.3 Å². The number of carbonyl (C=O) groups excluding carboxylic acids is 2. The van der Waals surface area contributed by atoms with Crippen LogP contribution in [-0.2, 0) is 23.6 Å². The van der Waals surface area contributed by atoms with E-state index >= 15 is 0 Å². The molecule has 1 N–H and O–H groups in total. The lowest BCUT2D eigenvalue weighted by molar-refractivity contribution is -0.143. The largest absolute Gasteiger partial charge is 0.465 e. The van der Waals surface area contributed by atoms with Gasteiger partial charge in [0, 0.05) is 11.6 Å². The maximum atomic E-state index is 13.9. The van der Waals surface area contributed by atoms with Gasteiger partial charge in [-0.2, -0.15) is 4.67 Å². The van der Waals surface area contributed by atoms with E-state index in [1.54, 1.807) is 13.8 Å². The predicted octanol–water partition coefficient (Wildman–Crippen LogP) is 3.78. The molecule has 30 heavy (non-hydrogen) atoms. The highest BCUT2D eigenvalue weighted by Crippen LogP contribution is 2.59. The Morgan fingerprint density at radius 1 is 1.23 bits per heavy atom. The summed E-state index contributed by atoms with van der Waals surface area (Å²) in [6, 6.07) is 5.53. The lowest BCUT2D eigenvalue weighted by Gasteiger charge is -2.41. The zero-order chi connectivity index (χ0) is 21.9. The third-order valence-electron chi connectivity index (χ3n) is 5.67. The van der Waals surface area contributed by atoms with Crippen LogP contribution in [0, 0.1) is 5.92 Å². The number of nitrogens with zero attached hydrogens (tertiary/aromatic N) is 1. The standard InChI is InChI=1S/C21H31N2O6P/c1-5-27-19(24)12-22-30(26)23(13-20(25)28-6-2)15(4)18-9-7-8-17(21(18)29-30)14(3)16-10-11-16/h7-9,14-16H,5-6,10-13H2,1-4H3,(H,22,26). The molecule has 0 aromatic heterocycles. The number of nitrogens with one attached hydrogen (secondary N) is 1. The number of carbonyl (C=O) groups is 2. The average Bonchev–Trinajstić information content (AvgIpc) is 3.55. The van der Waals surface area contributed by atoms with Gasteiger partial charge in [0.05, 0.1) is 13.2 Å². The Hall–Kier alpha value is -1.89. The van der Waals surface area contributed by atoms with Crippen LogP contribution in [0.2, 0.25) is 0 Å². The Labute approximate surface area is 177 Å². The minimum atomic E-state index is -3.76. The quantitative estimate of drug-likeness (QED) is 0.460. The molecule has 0 bridgehead atoms. The molecule has 0 amide bonds. The molecule has 9 heteroatoms. The number of para-hydroxylation sites is 1. The maximum absolute atomic E-state index is 13.9. The topological polar surface area (TPSA) is 94.2 Å². The molecule has 0 radical (unpaired) electrons. The molecule has 0 saturated heterocycles. The molecule has 3 atom stereocenters. The zero-order valence-corrected chi connectivity index (χ0v) is 18.9. The summed E-state index contributed by atoms with van der Waals surface area (Å²) < 4.78 is 31.5. The van der Waals surface area contributed by atoms with Gasteiger partial charge in [-0.25, -0.2) is 9.65 Å². The summed E-state index contributed by atoms with van der Waals surface area (Å²) in [5, 5.41) is 2.74. The summed E-state index contributed by atoms with van der Waals surface area (Å²) in [7, 11) is -3.76. The van der Waals surface area contributed by atoms with Gasteiger partial charge in [0.25, 0.3) is 0 Å². The number of hydrogen-bond acceptors (Lipinski definition) is 6. The van der Waals surface area contributed by atoms with Crippen LogP contribution in [0.1, 0.15) is 63.6 Å². The second-order valence-electron chi connectivity index (χ2n) is 7.72. The van der Waals surface area contributed by atoms with Gasteiger partial charge in [0.2, 0.25) is 0 Å². The predicted molar refractivity (Wildman–Crippen MR) is 112 cm³/mol. The van der Waals surface area contributed by atoms with Crippen molar-refractivity contribution in [1.29, 1.82) is 0 Å². The summed E-state index contributed by atoms with van der Waals surface area (Å²) >= 11 is 0. The first-order chi connectivity index (χ1) is 14.3. The number of ether oxygens (including phenoxy) is 2. The minimum Gasteiger partial charge on any atom is -0.465 e. The fourth-order valence-electron chi connectivity index (χ4n) is 3.85. The van der Waals surface area contributed by atoms with E-state index in [1.165, 1.54) is 17.5 Å². The first-order valence-electron chi connectivity index (χ1n) is 10.6. The molecule has 0 spiro atoms. The van der Waals surface area contributed by atoms with Crippen LogP contribution in [0.3, 0.4) is 0 Å². The average molecular weight is 438 g/mol. The summed E-state index contributed by atoms with van der Waals surface area (Å²) in [6.07, 6.45) is 2.35. The van der Waals surface area contributed by atoms with Crippen molar-refractivity contribution in [1.82, 2.24) is 9.76 Å². The van der Waals surface area contributed by atoms with E-state index in [2.05, 4.69) is 12.0 Å². The molecule has 1 aliphatic carbocycles. The van der Waals surface area contributed by atoms with Gasteiger partial charge in [0.15, 0.2) is 0 Å². The number of fused-ring (bicyclic) bond motifs is 1. The van der Waals surface area contributed by atoms with Crippen molar-refractivity contribution in [3.05, 3.63) is 29.3 Å². The normalized spacial score (nSPS) is 24.5. The van der Waals surface area contributed by atoms with E-state index in [4.69, 9.17) is 14.0 Å². The van der Waals surface area contributed by atoms with Crippen LogP contribution in [0.25, 0.3) is 0 Å². The van der Waals surface area contributed by atoms with E-state index in [9.17, 15) is 14.2 Å². The van der Waals surface area contributed by atoms with Gasteiger partial charge in [-0.15, -0.1) is 0 Å². The van der Waals surface area contributed by atoms with Gasteiger partial charge < -0.3 is 14.0 Å². The molecule has 166 valence electrons. The highest BCUT2D eigenvalue weighted by atomic mass is 31.2. The minimum absolute atomic E-state index is 0.218. The molecule has 1 aliphatic heterocycles. The Kier molecular flexibility index (Phi) is 7.22. The summed E-state index contributed by atoms with van der Waals surface area (Å²) in [6.45, 7) is 7.40. The molecule has 8 nitrogen and oxygen atoms in total. The Balaban J connectivity index is 1.95. The molecule has 1 saturated carbocycles. The summed E-state index contributed by atoms with van der Waals surface area (Å²) in [4.78, 5) is 24.1. The van der Waals surface area contributed by atoms with Crippen LogP contribution in [0.15, 0.2) is 18.2 Å². The first kappa shape index (κ1) is 22.8. The zero-order valence-electron chi connectivity index (χ0n) is 18.1. The van der Waals surface area contributed by atoms with Crippen LogP contribution in [0.4, 0.5) is 0 Å². The van der Waals surface area contributed by atoms with Gasteiger partial charge >= 0.3 is 19.6 Å². The summed E-state index contributed by atoms with van der Waals surface area (Å²) in [5.74, 6) is 0.425. The lowest BCUT2D eigenvalue weighted by Crippen LogP contribution is -2.41. The summed E-state index contributed by atoms with van der Waals surface area (Å²) in [5.41, 5.74) is 1.88. The van der Waals surface area contributed by atoms with Crippen LogP contribution >= 0.6 is 7.67 Å². The van der Waals surface area contributed by atoms with Crippen LogP contribution < -0.4 is 9.61 Å². The van der Waals surface area contributed by atoms with E-state index in [0.29, 0.717) is 11.7 Å². The van der Waals surface area contributed by atoms with Gasteiger partial charge in [-0.05, 0) is 51.0 Å². The fourth-order valence-corrected chi connectivity index (χ4v) is 5.87. The molecule has 1 aromatic carbocycles. The fraction of sp³-hybridized carbons (Fsp3) is 0.619. The number of esters is 2. The van der Waals surface area contributed by atoms with Crippen LogP contribution in [0.5, 0.6) is 5.75 Å². The molecule has 1 heterocycles. The molecular weight excluding hydrogens is 407 g/mol. The van der Waals surface area contributed by atoms with Crippen molar-refractivity contribution in [3.63, 3.8) is 0 Å². The van der Waals surface area contributed by atoms with Crippen molar-refractivity contribution < 1.29 is 28.2 Å². The number of rotatable bonds is 9. The Morgan fingerprint density at radius 2 is 1.90 bits per heavy atom. The second kappa shape index (κ2) is 9.50. The number of benzene rings is 1. The number of hydrogen-bond donors (Lipinski definition) is 1. The van der Waals surface area contributed by atoms with E-state index in [0.717, 1.165) is 11.1 Å². The highest BCUT2D eigenvalue weighted by Gasteiger charge is 2.46. The molecule has 3 rings (SSSR count). The smallest absolute Gasteiger partial charge is 0.394 e. The van der Waals surface area contributed by atoms with Gasteiger partial charge in [0.1, 0.15) is 18.8 Å². The van der Waals surface area contributed by atoms with Gasteiger partial charge in [-0.1, -0.05) is 25.1 Å². The molecule has 1 aromatic rings. The molecule has 2 aliphatic rings. The highest BCUT2D eigenvalue weighted by molar-refractivity contribution is 7.54. The Morgan fingerprint density at radius 3 is 2.53 bits per heavy atom. The van der Waals surface area contributed by atoms with Crippen molar-refractivity contribution in [3.8, 4) is 5.75 Å². The van der Waals surface area contributed by atoms with Gasteiger partial charge in [-0.3, -0.25) is 9.59 Å². The lowest BCUT2D eigenvalue weighted by atomic mass is 9.92. The maximum Gasteiger partial charge on any atom is 0.394 e. The SMILES string of the molecule is CCOC(=O)CNP1(=O)Oc2c(C(C)C3CC3)cccc2C(C)N1CC(=O)OCC. The van der Waals surface area contributed by atoms with Crippen molar-refractivity contribution in [2.45, 2.75) is 52.5 Å². The van der Waals surface area contributed by atoms with Crippen molar-refractivity contribution in [2.24, 2.45) is 5.92 Å². The van der Waals surface area contributed by atoms with E-state index in [1.807, 2.05) is 25.1 Å². The third kappa shape index (κ3) is 4.88.